The van der Waals surface area contributed by atoms with E-state index in [-0.39, 0.29) is 16.9 Å². The van der Waals surface area contributed by atoms with Crippen LogP contribution < -0.4 is 5.32 Å². The van der Waals surface area contributed by atoms with Gasteiger partial charge in [-0.15, -0.1) is 0 Å². The Kier molecular flexibility index (Phi) is 3.93. The van der Waals surface area contributed by atoms with Crippen molar-refractivity contribution in [3.05, 3.63) is 69.3 Å². The number of nitro benzene ring substituents is 1. The minimum Gasteiger partial charge on any atom is -0.319 e. The van der Waals surface area contributed by atoms with E-state index < -0.39 is 22.5 Å². The lowest BCUT2D eigenvalue weighted by atomic mass is 10.1. The van der Waals surface area contributed by atoms with Crippen molar-refractivity contribution in [1.82, 2.24) is 0 Å². The number of aryl methyl sites for hydroxylation is 1. The molecule has 108 valence electrons. The Labute approximate surface area is 118 Å². The average Bonchev–Trinajstić information content (AvgIpc) is 2.43. The molecule has 0 radical (unpaired) electrons. The molecule has 0 bridgehead atoms. The van der Waals surface area contributed by atoms with Gasteiger partial charge in [-0.3, -0.25) is 14.9 Å². The molecule has 0 spiro atoms. The molecule has 0 atom stereocenters. The summed E-state index contributed by atoms with van der Waals surface area (Å²) in [4.78, 5) is 22.0. The van der Waals surface area contributed by atoms with Crippen molar-refractivity contribution >= 4 is 17.3 Å². The first kappa shape index (κ1) is 14.6. The summed E-state index contributed by atoms with van der Waals surface area (Å²) in [5, 5.41) is 12.9. The fourth-order valence-electron chi connectivity index (χ4n) is 1.81. The summed E-state index contributed by atoms with van der Waals surface area (Å²) in [6, 6.07) is 7.08. The number of hydrogen-bond acceptors (Lipinski definition) is 3. The van der Waals surface area contributed by atoms with Crippen molar-refractivity contribution in [2.75, 3.05) is 5.32 Å². The van der Waals surface area contributed by atoms with Gasteiger partial charge < -0.3 is 5.32 Å². The lowest BCUT2D eigenvalue weighted by Gasteiger charge is -2.08. The van der Waals surface area contributed by atoms with Crippen LogP contribution in [0.2, 0.25) is 0 Å². The normalized spacial score (nSPS) is 10.2. The van der Waals surface area contributed by atoms with Crippen molar-refractivity contribution in [2.45, 2.75) is 6.92 Å². The van der Waals surface area contributed by atoms with Crippen molar-refractivity contribution < 1.29 is 18.5 Å². The molecular formula is C14H10F2N2O3. The minimum absolute atomic E-state index is 0.143. The molecule has 2 aromatic rings. The summed E-state index contributed by atoms with van der Waals surface area (Å²) in [5.41, 5.74) is 0.0570. The Morgan fingerprint density at radius 2 is 1.95 bits per heavy atom. The Morgan fingerprint density at radius 3 is 2.57 bits per heavy atom. The van der Waals surface area contributed by atoms with Crippen LogP contribution in [0.5, 0.6) is 0 Å². The summed E-state index contributed by atoms with van der Waals surface area (Å²) in [7, 11) is 0. The zero-order valence-corrected chi connectivity index (χ0v) is 10.9. The third-order valence-corrected chi connectivity index (χ3v) is 2.87. The van der Waals surface area contributed by atoms with Gasteiger partial charge >= 0.3 is 0 Å². The van der Waals surface area contributed by atoms with Gasteiger partial charge in [0.2, 0.25) is 0 Å². The zero-order chi connectivity index (χ0) is 15.6. The van der Waals surface area contributed by atoms with Crippen LogP contribution in [0, 0.1) is 28.7 Å². The molecule has 1 N–H and O–H groups in total. The second-order valence-corrected chi connectivity index (χ2v) is 4.31. The summed E-state index contributed by atoms with van der Waals surface area (Å²) in [6.07, 6.45) is 0. The van der Waals surface area contributed by atoms with Gasteiger partial charge in [0.05, 0.1) is 10.6 Å². The maximum atomic E-state index is 13.5. The monoisotopic (exact) mass is 292 g/mol. The number of nitrogens with one attached hydrogen (secondary N) is 1. The van der Waals surface area contributed by atoms with Gasteiger partial charge in [0.25, 0.3) is 11.6 Å². The average molecular weight is 292 g/mol. The Morgan fingerprint density at radius 1 is 1.24 bits per heavy atom. The number of nitrogens with zero attached hydrogens (tertiary/aromatic N) is 1. The van der Waals surface area contributed by atoms with E-state index >= 15 is 0 Å². The highest BCUT2D eigenvalue weighted by atomic mass is 19.2. The molecule has 0 aliphatic rings. The van der Waals surface area contributed by atoms with Gasteiger partial charge in [0.15, 0.2) is 11.6 Å². The first-order chi connectivity index (χ1) is 9.90. The van der Waals surface area contributed by atoms with Gasteiger partial charge in [-0.1, -0.05) is 6.07 Å². The van der Waals surface area contributed by atoms with Crippen molar-refractivity contribution in [2.24, 2.45) is 0 Å². The lowest BCUT2D eigenvalue weighted by Crippen LogP contribution is -2.15. The van der Waals surface area contributed by atoms with E-state index in [4.69, 9.17) is 0 Å². The smallest absolute Gasteiger partial charge is 0.269 e. The van der Waals surface area contributed by atoms with Crippen LogP contribution in [0.4, 0.5) is 20.2 Å². The van der Waals surface area contributed by atoms with E-state index in [0.29, 0.717) is 5.56 Å². The SMILES string of the molecule is Cc1cc([N+](=O)[O-])ccc1C(=O)Nc1cccc(F)c1F. The molecule has 0 aliphatic carbocycles. The predicted octanol–water partition coefficient (Wildman–Crippen LogP) is 3.43. The highest BCUT2D eigenvalue weighted by Gasteiger charge is 2.16. The number of benzene rings is 2. The quantitative estimate of drug-likeness (QED) is 0.695. The number of halogens is 2. The van der Waals surface area contributed by atoms with E-state index in [0.717, 1.165) is 6.07 Å². The van der Waals surface area contributed by atoms with E-state index in [1.54, 1.807) is 0 Å². The minimum atomic E-state index is -1.16. The standard InChI is InChI=1S/C14H10F2N2O3/c1-8-7-9(18(20)21)5-6-10(8)14(19)17-12-4-2-3-11(15)13(12)16/h2-7H,1H3,(H,17,19). The molecule has 7 heteroatoms. The molecule has 0 fully saturated rings. The first-order valence-electron chi connectivity index (χ1n) is 5.90. The molecule has 0 aromatic heterocycles. The molecule has 0 unspecified atom stereocenters. The van der Waals surface area contributed by atoms with Crippen LogP contribution in [-0.2, 0) is 0 Å². The first-order valence-corrected chi connectivity index (χ1v) is 5.90. The third kappa shape index (κ3) is 3.02. The molecule has 0 aliphatic heterocycles. The fraction of sp³-hybridized carbons (Fsp3) is 0.0714. The predicted molar refractivity (Wildman–Crippen MR) is 72.1 cm³/mol. The molecule has 0 saturated carbocycles. The van der Waals surface area contributed by atoms with E-state index in [9.17, 15) is 23.7 Å². The molecule has 2 aromatic carbocycles. The molecule has 5 nitrogen and oxygen atoms in total. The van der Waals surface area contributed by atoms with Crippen LogP contribution in [0.25, 0.3) is 0 Å². The molecule has 21 heavy (non-hydrogen) atoms. The van der Waals surface area contributed by atoms with Gasteiger partial charge in [0.1, 0.15) is 0 Å². The van der Waals surface area contributed by atoms with Crippen LogP contribution in [0.3, 0.4) is 0 Å². The number of hydrogen-bond donors (Lipinski definition) is 1. The number of anilines is 1. The van der Waals surface area contributed by atoms with Crippen molar-refractivity contribution in [3.63, 3.8) is 0 Å². The van der Waals surface area contributed by atoms with Crippen LogP contribution in [0.1, 0.15) is 15.9 Å². The number of non-ortho nitro benzene ring substituents is 1. The Bertz CT molecular complexity index is 732. The number of amides is 1. The van der Waals surface area contributed by atoms with Crippen molar-refractivity contribution in [3.8, 4) is 0 Å². The van der Waals surface area contributed by atoms with E-state index in [1.807, 2.05) is 0 Å². The summed E-state index contributed by atoms with van der Waals surface area (Å²) < 4.78 is 26.5. The topological polar surface area (TPSA) is 72.2 Å². The fourth-order valence-corrected chi connectivity index (χ4v) is 1.81. The van der Waals surface area contributed by atoms with E-state index in [1.165, 1.54) is 37.3 Å². The Balaban J connectivity index is 2.29. The summed E-state index contributed by atoms with van der Waals surface area (Å²) in [6.45, 7) is 1.52. The van der Waals surface area contributed by atoms with Gasteiger partial charge in [-0.05, 0) is 30.7 Å². The Hall–Kier alpha value is -2.83. The largest absolute Gasteiger partial charge is 0.319 e. The zero-order valence-electron chi connectivity index (χ0n) is 10.9. The van der Waals surface area contributed by atoms with E-state index in [2.05, 4.69) is 5.32 Å². The molecule has 0 saturated heterocycles. The summed E-state index contributed by atoms with van der Waals surface area (Å²) in [5.74, 6) is -2.91. The number of carbonyl (C=O) groups excluding carboxylic acids is 1. The molecular weight excluding hydrogens is 282 g/mol. The van der Waals surface area contributed by atoms with Gasteiger partial charge in [0, 0.05) is 17.7 Å². The second-order valence-electron chi connectivity index (χ2n) is 4.31. The second kappa shape index (κ2) is 5.66. The highest BCUT2D eigenvalue weighted by molar-refractivity contribution is 6.05. The lowest BCUT2D eigenvalue weighted by molar-refractivity contribution is -0.384. The van der Waals surface area contributed by atoms with Gasteiger partial charge in [-0.2, -0.15) is 0 Å². The van der Waals surface area contributed by atoms with Crippen LogP contribution >= 0.6 is 0 Å². The third-order valence-electron chi connectivity index (χ3n) is 2.87. The number of carbonyl (C=O) groups is 1. The molecule has 0 heterocycles. The maximum absolute atomic E-state index is 13.5. The molecule has 2 rings (SSSR count). The van der Waals surface area contributed by atoms with Crippen LogP contribution in [-0.4, -0.2) is 10.8 Å². The summed E-state index contributed by atoms with van der Waals surface area (Å²) >= 11 is 0. The number of rotatable bonds is 3. The van der Waals surface area contributed by atoms with Crippen molar-refractivity contribution in [1.29, 1.82) is 0 Å². The number of nitro groups is 1. The maximum Gasteiger partial charge on any atom is 0.269 e. The molecule has 1 amide bonds. The highest BCUT2D eigenvalue weighted by Crippen LogP contribution is 2.20. The van der Waals surface area contributed by atoms with Gasteiger partial charge in [-0.25, -0.2) is 8.78 Å². The van der Waals surface area contributed by atoms with Crippen LogP contribution in [0.15, 0.2) is 36.4 Å².